The van der Waals surface area contributed by atoms with Gasteiger partial charge in [0.15, 0.2) is 0 Å². The standard InChI is InChI=1S/C13H18INO2/c1-9-4-2-3-5-10(9)7-15-8-11(14)6-12(15)13(16)17/h6,8-10H,2-5,7H2,1H3,(H,16,17). The van der Waals surface area contributed by atoms with E-state index < -0.39 is 5.97 Å². The van der Waals surface area contributed by atoms with E-state index in [1.165, 1.54) is 25.7 Å². The maximum Gasteiger partial charge on any atom is 0.352 e. The van der Waals surface area contributed by atoms with Crippen LogP contribution in [0.5, 0.6) is 0 Å². The van der Waals surface area contributed by atoms with Gasteiger partial charge in [0.2, 0.25) is 0 Å². The van der Waals surface area contributed by atoms with Gasteiger partial charge < -0.3 is 9.67 Å². The molecular weight excluding hydrogens is 329 g/mol. The third-order valence-corrected chi connectivity index (χ3v) is 4.39. The molecule has 0 radical (unpaired) electrons. The van der Waals surface area contributed by atoms with Gasteiger partial charge in [-0.2, -0.15) is 0 Å². The fraction of sp³-hybridized carbons (Fsp3) is 0.615. The van der Waals surface area contributed by atoms with Crippen molar-refractivity contribution < 1.29 is 9.90 Å². The lowest BCUT2D eigenvalue weighted by atomic mass is 9.80. The lowest BCUT2D eigenvalue weighted by molar-refractivity contribution is 0.0682. The summed E-state index contributed by atoms with van der Waals surface area (Å²) >= 11 is 2.17. The average Bonchev–Trinajstić information content (AvgIpc) is 2.63. The molecule has 1 aliphatic carbocycles. The van der Waals surface area contributed by atoms with Gasteiger partial charge in [0, 0.05) is 16.3 Å². The molecule has 2 unspecified atom stereocenters. The Labute approximate surface area is 115 Å². The first-order valence-corrected chi connectivity index (χ1v) is 7.24. The maximum atomic E-state index is 11.1. The smallest absolute Gasteiger partial charge is 0.352 e. The fourth-order valence-corrected chi connectivity index (χ4v) is 3.35. The van der Waals surface area contributed by atoms with E-state index in [9.17, 15) is 4.79 Å². The quantitative estimate of drug-likeness (QED) is 0.849. The van der Waals surface area contributed by atoms with E-state index >= 15 is 0 Å². The molecule has 1 aromatic heterocycles. The highest BCUT2D eigenvalue weighted by Gasteiger charge is 2.23. The number of aromatic carboxylic acids is 1. The summed E-state index contributed by atoms with van der Waals surface area (Å²) in [5, 5.41) is 9.15. The van der Waals surface area contributed by atoms with Crippen molar-refractivity contribution in [3.05, 3.63) is 21.5 Å². The van der Waals surface area contributed by atoms with Gasteiger partial charge in [-0.05, 0) is 46.9 Å². The molecule has 0 spiro atoms. The van der Waals surface area contributed by atoms with Crippen molar-refractivity contribution in [2.45, 2.75) is 39.2 Å². The second-order valence-electron chi connectivity index (χ2n) is 5.02. The van der Waals surface area contributed by atoms with Gasteiger partial charge in [-0.1, -0.05) is 26.2 Å². The Morgan fingerprint density at radius 3 is 2.88 bits per heavy atom. The lowest BCUT2D eigenvalue weighted by Crippen LogP contribution is -2.23. The Kier molecular flexibility index (Phi) is 4.12. The van der Waals surface area contributed by atoms with Crippen molar-refractivity contribution in [3.8, 4) is 0 Å². The summed E-state index contributed by atoms with van der Waals surface area (Å²) in [6, 6.07) is 1.75. The molecule has 0 aliphatic heterocycles. The average molecular weight is 347 g/mol. The van der Waals surface area contributed by atoms with Gasteiger partial charge in [0.25, 0.3) is 0 Å². The minimum atomic E-state index is -0.823. The number of hydrogen-bond donors (Lipinski definition) is 1. The van der Waals surface area contributed by atoms with Crippen LogP contribution in [0.4, 0.5) is 0 Å². The van der Waals surface area contributed by atoms with Crippen molar-refractivity contribution in [1.82, 2.24) is 4.57 Å². The van der Waals surface area contributed by atoms with Gasteiger partial charge in [0.1, 0.15) is 5.69 Å². The third kappa shape index (κ3) is 3.03. The Hall–Kier alpha value is -0.520. The van der Waals surface area contributed by atoms with Crippen LogP contribution in [-0.4, -0.2) is 15.6 Å². The molecule has 94 valence electrons. The summed E-state index contributed by atoms with van der Waals surface area (Å²) < 4.78 is 2.92. The summed E-state index contributed by atoms with van der Waals surface area (Å²) in [6.07, 6.45) is 7.08. The summed E-state index contributed by atoms with van der Waals surface area (Å²) in [6.45, 7) is 3.14. The molecule has 3 nitrogen and oxygen atoms in total. The Morgan fingerprint density at radius 1 is 1.53 bits per heavy atom. The van der Waals surface area contributed by atoms with E-state index in [1.807, 2.05) is 10.8 Å². The summed E-state index contributed by atoms with van der Waals surface area (Å²) in [7, 11) is 0. The van der Waals surface area contributed by atoms with Gasteiger partial charge in [0.05, 0.1) is 0 Å². The monoisotopic (exact) mass is 347 g/mol. The Bertz CT molecular complexity index is 414. The molecule has 1 aromatic rings. The Morgan fingerprint density at radius 2 is 2.24 bits per heavy atom. The molecule has 1 heterocycles. The first kappa shape index (κ1) is 12.9. The second kappa shape index (κ2) is 5.42. The highest BCUT2D eigenvalue weighted by atomic mass is 127. The van der Waals surface area contributed by atoms with Gasteiger partial charge in [-0.15, -0.1) is 0 Å². The van der Waals surface area contributed by atoms with Crippen molar-refractivity contribution in [1.29, 1.82) is 0 Å². The van der Waals surface area contributed by atoms with Crippen LogP contribution >= 0.6 is 22.6 Å². The van der Waals surface area contributed by atoms with Crippen molar-refractivity contribution in [3.63, 3.8) is 0 Å². The SMILES string of the molecule is CC1CCCCC1Cn1cc(I)cc1C(=O)O. The molecule has 1 fully saturated rings. The molecule has 1 N–H and O–H groups in total. The van der Waals surface area contributed by atoms with E-state index in [0.717, 1.165) is 10.1 Å². The van der Waals surface area contributed by atoms with Crippen LogP contribution in [0, 0.1) is 15.4 Å². The highest BCUT2D eigenvalue weighted by Crippen LogP contribution is 2.31. The lowest BCUT2D eigenvalue weighted by Gasteiger charge is -2.29. The zero-order valence-electron chi connectivity index (χ0n) is 10.0. The molecule has 0 amide bonds. The first-order chi connectivity index (χ1) is 8.08. The molecule has 0 bridgehead atoms. The molecule has 1 saturated carbocycles. The maximum absolute atomic E-state index is 11.1. The molecule has 4 heteroatoms. The number of halogens is 1. The summed E-state index contributed by atoms with van der Waals surface area (Å²) in [5.41, 5.74) is 0.423. The number of carboxylic acids is 1. The van der Waals surface area contributed by atoms with E-state index in [4.69, 9.17) is 5.11 Å². The van der Waals surface area contributed by atoms with Crippen molar-refractivity contribution in [2.24, 2.45) is 11.8 Å². The van der Waals surface area contributed by atoms with Crippen molar-refractivity contribution >= 4 is 28.6 Å². The second-order valence-corrected chi connectivity index (χ2v) is 6.27. The summed E-state index contributed by atoms with van der Waals surface area (Å²) in [4.78, 5) is 11.1. The molecular formula is C13H18INO2. The van der Waals surface area contributed by atoms with Crippen LogP contribution < -0.4 is 0 Å². The Balaban J connectivity index is 2.14. The molecule has 2 atom stereocenters. The largest absolute Gasteiger partial charge is 0.477 e. The van der Waals surface area contributed by atoms with Crippen LogP contribution in [0.1, 0.15) is 43.1 Å². The van der Waals surface area contributed by atoms with Crippen LogP contribution in [0.25, 0.3) is 0 Å². The highest BCUT2D eigenvalue weighted by molar-refractivity contribution is 14.1. The predicted octanol–water partition coefficient (Wildman–Crippen LogP) is 3.62. The van der Waals surface area contributed by atoms with Crippen LogP contribution in [0.15, 0.2) is 12.3 Å². The van der Waals surface area contributed by atoms with Gasteiger partial charge in [-0.25, -0.2) is 4.79 Å². The molecule has 0 aromatic carbocycles. The van der Waals surface area contributed by atoms with Crippen LogP contribution in [0.2, 0.25) is 0 Å². The molecule has 2 rings (SSSR count). The number of nitrogens with zero attached hydrogens (tertiary/aromatic N) is 1. The van der Waals surface area contributed by atoms with Gasteiger partial charge in [-0.3, -0.25) is 0 Å². The predicted molar refractivity (Wildman–Crippen MR) is 75.2 cm³/mol. The molecule has 0 saturated heterocycles. The van der Waals surface area contributed by atoms with Crippen LogP contribution in [0.3, 0.4) is 0 Å². The zero-order valence-corrected chi connectivity index (χ0v) is 12.2. The van der Waals surface area contributed by atoms with Gasteiger partial charge >= 0.3 is 5.97 Å². The van der Waals surface area contributed by atoms with E-state index in [2.05, 4.69) is 29.5 Å². The van der Waals surface area contributed by atoms with Crippen LogP contribution in [-0.2, 0) is 6.54 Å². The van der Waals surface area contributed by atoms with E-state index in [0.29, 0.717) is 17.5 Å². The fourth-order valence-electron chi connectivity index (χ4n) is 2.72. The number of hydrogen-bond acceptors (Lipinski definition) is 1. The van der Waals surface area contributed by atoms with Crippen molar-refractivity contribution in [2.75, 3.05) is 0 Å². The molecule has 1 aliphatic rings. The minimum Gasteiger partial charge on any atom is -0.477 e. The first-order valence-electron chi connectivity index (χ1n) is 6.17. The number of carbonyl (C=O) groups is 1. The number of rotatable bonds is 3. The third-order valence-electron chi connectivity index (χ3n) is 3.80. The zero-order chi connectivity index (χ0) is 12.4. The topological polar surface area (TPSA) is 42.2 Å². The van der Waals surface area contributed by atoms with E-state index in [-0.39, 0.29) is 0 Å². The number of aromatic nitrogens is 1. The molecule has 17 heavy (non-hydrogen) atoms. The minimum absolute atomic E-state index is 0.423. The normalized spacial score (nSPS) is 24.8. The van der Waals surface area contributed by atoms with E-state index in [1.54, 1.807) is 6.07 Å². The summed E-state index contributed by atoms with van der Waals surface area (Å²) in [5.74, 6) is 0.520. The number of carboxylic acid groups (broad SMARTS) is 1.